The number of hydrogen-bond donors (Lipinski definition) is 1. The number of ether oxygens (including phenoxy) is 2. The van der Waals surface area contributed by atoms with Crippen molar-refractivity contribution in [1.29, 1.82) is 0 Å². The fourth-order valence-corrected chi connectivity index (χ4v) is 1.77. The number of rotatable bonds is 4. The van der Waals surface area contributed by atoms with E-state index in [2.05, 4.69) is 10.2 Å². The Kier molecular flexibility index (Phi) is 4.49. The van der Waals surface area contributed by atoms with Crippen LogP contribution in [0, 0.1) is 5.92 Å². The maximum atomic E-state index is 11.6. The summed E-state index contributed by atoms with van der Waals surface area (Å²) in [7, 11) is 0. The highest BCUT2D eigenvalue weighted by Gasteiger charge is 2.34. The number of carbonyl (C=O) groups is 1. The van der Waals surface area contributed by atoms with Crippen LogP contribution in [-0.4, -0.2) is 47.0 Å². The maximum Gasteiger partial charge on any atom is 0.410 e. The minimum atomic E-state index is -0.325. The van der Waals surface area contributed by atoms with Crippen LogP contribution >= 0.6 is 11.6 Å². The average Bonchev–Trinajstić information content (AvgIpc) is 2.32. The van der Waals surface area contributed by atoms with E-state index < -0.39 is 0 Å². The SMILES string of the molecule is CC(C)COC(=O)N1CC(Oc2nnc(Cl)cc2N)C1. The summed E-state index contributed by atoms with van der Waals surface area (Å²) < 4.78 is 10.6. The Morgan fingerprint density at radius 2 is 2.25 bits per heavy atom. The van der Waals surface area contributed by atoms with E-state index in [4.69, 9.17) is 26.8 Å². The van der Waals surface area contributed by atoms with Crippen molar-refractivity contribution in [2.75, 3.05) is 25.4 Å². The zero-order valence-electron chi connectivity index (χ0n) is 11.4. The normalized spacial score (nSPS) is 15.1. The third-order valence-corrected chi connectivity index (χ3v) is 2.87. The predicted molar refractivity (Wildman–Crippen MR) is 73.6 cm³/mol. The second kappa shape index (κ2) is 6.13. The molecule has 0 saturated carbocycles. The number of anilines is 1. The van der Waals surface area contributed by atoms with Gasteiger partial charge in [-0.2, -0.15) is 0 Å². The molecule has 20 heavy (non-hydrogen) atoms. The molecule has 7 nitrogen and oxygen atoms in total. The number of amides is 1. The molecule has 1 aromatic rings. The van der Waals surface area contributed by atoms with Gasteiger partial charge >= 0.3 is 6.09 Å². The molecule has 0 atom stereocenters. The largest absolute Gasteiger partial charge is 0.468 e. The van der Waals surface area contributed by atoms with Crippen molar-refractivity contribution >= 4 is 23.4 Å². The lowest BCUT2D eigenvalue weighted by atomic mass is 10.2. The summed E-state index contributed by atoms with van der Waals surface area (Å²) >= 11 is 5.65. The van der Waals surface area contributed by atoms with Gasteiger partial charge in [0.25, 0.3) is 5.88 Å². The summed E-state index contributed by atoms with van der Waals surface area (Å²) in [6.07, 6.45) is -0.479. The minimum Gasteiger partial charge on any atom is -0.468 e. The number of hydrogen-bond acceptors (Lipinski definition) is 6. The number of halogens is 1. The molecule has 1 aliphatic heterocycles. The van der Waals surface area contributed by atoms with Gasteiger partial charge in [-0.05, 0) is 5.92 Å². The van der Waals surface area contributed by atoms with E-state index in [0.29, 0.717) is 31.3 Å². The van der Waals surface area contributed by atoms with E-state index >= 15 is 0 Å². The summed E-state index contributed by atoms with van der Waals surface area (Å²) in [5.74, 6) is 0.547. The van der Waals surface area contributed by atoms with Gasteiger partial charge in [0, 0.05) is 6.07 Å². The summed E-state index contributed by atoms with van der Waals surface area (Å²) in [4.78, 5) is 13.2. The van der Waals surface area contributed by atoms with Gasteiger partial charge in [-0.15, -0.1) is 10.2 Å². The predicted octanol–water partition coefficient (Wildman–Crippen LogP) is 1.57. The van der Waals surface area contributed by atoms with Gasteiger partial charge in [-0.3, -0.25) is 0 Å². The lowest BCUT2D eigenvalue weighted by Crippen LogP contribution is -2.56. The van der Waals surface area contributed by atoms with E-state index in [0.717, 1.165) is 0 Å². The molecule has 0 radical (unpaired) electrons. The van der Waals surface area contributed by atoms with Gasteiger partial charge in [-0.1, -0.05) is 25.4 Å². The standard InChI is InChI=1S/C12H17ClN4O3/c1-7(2)6-19-12(18)17-4-8(5-17)20-11-9(14)3-10(13)15-16-11/h3,7-8H,4-6H2,1-2H3,(H2,14,15). The van der Waals surface area contributed by atoms with Gasteiger partial charge in [0.05, 0.1) is 25.4 Å². The zero-order chi connectivity index (χ0) is 14.7. The Bertz CT molecular complexity index is 492. The lowest BCUT2D eigenvalue weighted by Gasteiger charge is -2.37. The number of likely N-dealkylation sites (tertiary alicyclic amines) is 1. The summed E-state index contributed by atoms with van der Waals surface area (Å²) in [5.41, 5.74) is 6.03. The molecule has 1 saturated heterocycles. The number of nitrogens with zero attached hydrogens (tertiary/aromatic N) is 3. The van der Waals surface area contributed by atoms with Crippen LogP contribution < -0.4 is 10.5 Å². The molecule has 0 unspecified atom stereocenters. The van der Waals surface area contributed by atoms with Crippen LogP contribution in [0.25, 0.3) is 0 Å². The van der Waals surface area contributed by atoms with Gasteiger partial charge in [0.15, 0.2) is 5.15 Å². The first kappa shape index (κ1) is 14.6. The van der Waals surface area contributed by atoms with E-state index in [1.165, 1.54) is 6.07 Å². The first-order chi connectivity index (χ1) is 9.45. The van der Waals surface area contributed by atoms with Crippen molar-refractivity contribution in [1.82, 2.24) is 15.1 Å². The molecular weight excluding hydrogens is 284 g/mol. The molecule has 8 heteroatoms. The molecule has 0 spiro atoms. The van der Waals surface area contributed by atoms with Crippen LogP contribution in [0.3, 0.4) is 0 Å². The minimum absolute atomic E-state index is 0.153. The third kappa shape index (κ3) is 3.63. The Morgan fingerprint density at radius 3 is 2.85 bits per heavy atom. The van der Waals surface area contributed by atoms with Crippen molar-refractivity contribution in [2.45, 2.75) is 20.0 Å². The highest BCUT2D eigenvalue weighted by molar-refractivity contribution is 6.29. The van der Waals surface area contributed by atoms with Crippen LogP contribution in [-0.2, 0) is 4.74 Å². The molecule has 2 heterocycles. The molecule has 1 aromatic heterocycles. The fraction of sp³-hybridized carbons (Fsp3) is 0.583. The lowest BCUT2D eigenvalue weighted by molar-refractivity contribution is 0.00618. The summed E-state index contributed by atoms with van der Waals surface area (Å²) in [5, 5.41) is 7.64. The maximum absolute atomic E-state index is 11.6. The first-order valence-corrected chi connectivity index (χ1v) is 6.70. The zero-order valence-corrected chi connectivity index (χ0v) is 12.1. The molecule has 1 aliphatic rings. The number of aromatic nitrogens is 2. The van der Waals surface area contributed by atoms with E-state index in [9.17, 15) is 4.79 Å². The molecular formula is C12H17ClN4O3. The molecule has 2 rings (SSSR count). The van der Waals surface area contributed by atoms with Crippen LogP contribution in [0.2, 0.25) is 5.15 Å². The van der Waals surface area contributed by atoms with Crippen molar-refractivity contribution in [2.24, 2.45) is 5.92 Å². The molecule has 2 N–H and O–H groups in total. The van der Waals surface area contributed by atoms with E-state index in [-0.39, 0.29) is 23.2 Å². The third-order valence-electron chi connectivity index (χ3n) is 2.68. The molecule has 1 amide bonds. The highest BCUT2D eigenvalue weighted by Crippen LogP contribution is 2.23. The number of carbonyl (C=O) groups excluding carboxylic acids is 1. The Labute approximate surface area is 122 Å². The second-order valence-electron chi connectivity index (χ2n) is 5.04. The van der Waals surface area contributed by atoms with Crippen LogP contribution in [0.5, 0.6) is 5.88 Å². The van der Waals surface area contributed by atoms with Gasteiger partial charge in [-0.25, -0.2) is 4.79 Å². The quantitative estimate of drug-likeness (QED) is 0.907. The summed E-state index contributed by atoms with van der Waals surface area (Å²) in [6.45, 7) is 5.27. The van der Waals surface area contributed by atoms with Crippen molar-refractivity contribution in [3.8, 4) is 5.88 Å². The molecule has 0 bridgehead atoms. The van der Waals surface area contributed by atoms with Crippen molar-refractivity contribution in [3.05, 3.63) is 11.2 Å². The highest BCUT2D eigenvalue weighted by atomic mass is 35.5. The molecule has 1 fully saturated rings. The van der Waals surface area contributed by atoms with E-state index in [1.807, 2.05) is 13.8 Å². The second-order valence-corrected chi connectivity index (χ2v) is 5.43. The van der Waals surface area contributed by atoms with Crippen molar-refractivity contribution in [3.63, 3.8) is 0 Å². The van der Waals surface area contributed by atoms with Crippen LogP contribution in [0.15, 0.2) is 6.07 Å². The van der Waals surface area contributed by atoms with Gasteiger partial charge in [0.2, 0.25) is 0 Å². The molecule has 0 aromatic carbocycles. The monoisotopic (exact) mass is 300 g/mol. The van der Waals surface area contributed by atoms with E-state index in [1.54, 1.807) is 4.90 Å². The first-order valence-electron chi connectivity index (χ1n) is 6.32. The Morgan fingerprint density at radius 1 is 1.55 bits per heavy atom. The number of nitrogens with two attached hydrogens (primary N) is 1. The smallest absolute Gasteiger partial charge is 0.410 e. The fourth-order valence-electron chi connectivity index (χ4n) is 1.61. The summed E-state index contributed by atoms with van der Waals surface area (Å²) in [6, 6.07) is 1.47. The Balaban J connectivity index is 1.77. The topological polar surface area (TPSA) is 90.6 Å². The molecule has 110 valence electrons. The van der Waals surface area contributed by atoms with Crippen LogP contribution in [0.4, 0.5) is 10.5 Å². The van der Waals surface area contributed by atoms with Gasteiger partial charge < -0.3 is 20.1 Å². The molecule has 0 aliphatic carbocycles. The van der Waals surface area contributed by atoms with Crippen molar-refractivity contribution < 1.29 is 14.3 Å². The average molecular weight is 301 g/mol. The van der Waals surface area contributed by atoms with Gasteiger partial charge in [0.1, 0.15) is 6.10 Å². The number of nitrogen functional groups attached to an aromatic ring is 1. The van der Waals surface area contributed by atoms with Crippen LogP contribution in [0.1, 0.15) is 13.8 Å². The Hall–Kier alpha value is -1.76.